The highest BCUT2D eigenvalue weighted by Crippen LogP contribution is 2.44. The van der Waals surface area contributed by atoms with Crippen LogP contribution in [-0.4, -0.2) is 80.3 Å². The van der Waals surface area contributed by atoms with E-state index in [1.807, 2.05) is 4.90 Å². The highest BCUT2D eigenvalue weighted by molar-refractivity contribution is 5.74. The van der Waals surface area contributed by atoms with Crippen LogP contribution < -0.4 is 0 Å². The molecule has 1 spiro atoms. The summed E-state index contributed by atoms with van der Waals surface area (Å²) < 4.78 is 5.37. The van der Waals surface area contributed by atoms with Crippen molar-refractivity contribution in [3.8, 4) is 0 Å². The van der Waals surface area contributed by atoms with Crippen molar-refractivity contribution in [2.45, 2.75) is 25.2 Å². The summed E-state index contributed by atoms with van der Waals surface area (Å²) in [4.78, 5) is 19.3. The highest BCUT2D eigenvalue weighted by atomic mass is 16.5. The Labute approximate surface area is 156 Å². The summed E-state index contributed by atoms with van der Waals surface area (Å²) in [6, 6.07) is 11.2. The van der Waals surface area contributed by atoms with Gasteiger partial charge in [-0.25, -0.2) is 4.79 Å². The average molecular weight is 357 g/mol. The van der Waals surface area contributed by atoms with Gasteiger partial charge in [0.1, 0.15) is 0 Å². The monoisotopic (exact) mass is 357 g/mol. The van der Waals surface area contributed by atoms with Gasteiger partial charge in [0.15, 0.2) is 0 Å². The molecule has 3 saturated heterocycles. The molecule has 1 aromatic carbocycles. The Hall–Kier alpha value is -1.59. The molecule has 1 unspecified atom stereocenters. The lowest BCUT2D eigenvalue weighted by atomic mass is 9.68. The van der Waals surface area contributed by atoms with Crippen molar-refractivity contribution >= 4 is 6.03 Å². The number of morpholine rings is 1. The van der Waals surface area contributed by atoms with E-state index in [0.29, 0.717) is 24.5 Å². The summed E-state index contributed by atoms with van der Waals surface area (Å²) >= 11 is 0. The van der Waals surface area contributed by atoms with Crippen molar-refractivity contribution in [2.75, 3.05) is 59.5 Å². The molecule has 0 bridgehead atoms. The number of nitrogens with zero attached hydrogens (tertiary/aromatic N) is 3. The van der Waals surface area contributed by atoms with Gasteiger partial charge < -0.3 is 19.4 Å². The number of ether oxygens (including phenoxy) is 1. The predicted octanol–water partition coefficient (Wildman–Crippen LogP) is 2.64. The van der Waals surface area contributed by atoms with Crippen molar-refractivity contribution in [3.05, 3.63) is 35.9 Å². The molecule has 0 radical (unpaired) electrons. The number of likely N-dealkylation sites (N-methyl/N-ethyl adjacent to an activating group) is 1. The molecule has 5 heteroatoms. The largest absolute Gasteiger partial charge is 0.378 e. The average Bonchev–Trinajstić information content (AvgIpc) is 2.69. The fourth-order valence-corrected chi connectivity index (χ4v) is 5.10. The van der Waals surface area contributed by atoms with Crippen LogP contribution in [0.4, 0.5) is 4.79 Å². The summed E-state index contributed by atoms with van der Waals surface area (Å²) in [7, 11) is 2.25. The molecule has 4 rings (SSSR count). The first kappa shape index (κ1) is 17.8. The summed E-state index contributed by atoms with van der Waals surface area (Å²) in [5, 5.41) is 0. The van der Waals surface area contributed by atoms with Crippen molar-refractivity contribution < 1.29 is 9.53 Å². The van der Waals surface area contributed by atoms with Crippen LogP contribution >= 0.6 is 0 Å². The Morgan fingerprint density at radius 2 is 1.69 bits per heavy atom. The Morgan fingerprint density at radius 1 is 1.04 bits per heavy atom. The number of amides is 2. The molecule has 5 nitrogen and oxygen atoms in total. The van der Waals surface area contributed by atoms with Crippen LogP contribution in [0.2, 0.25) is 0 Å². The molecule has 3 aliphatic rings. The maximum absolute atomic E-state index is 12.8. The van der Waals surface area contributed by atoms with Gasteiger partial charge in [0, 0.05) is 39.3 Å². The zero-order valence-corrected chi connectivity index (χ0v) is 15.9. The number of piperidine rings is 2. The number of benzene rings is 1. The third-order valence-electron chi connectivity index (χ3n) is 6.46. The van der Waals surface area contributed by atoms with Gasteiger partial charge in [-0.1, -0.05) is 30.3 Å². The number of likely N-dealkylation sites (tertiary alicyclic amines) is 2. The minimum absolute atomic E-state index is 0.215. The van der Waals surface area contributed by atoms with Crippen molar-refractivity contribution in [1.29, 1.82) is 0 Å². The number of carbonyl (C=O) groups excluding carboxylic acids is 1. The number of hydrogen-bond acceptors (Lipinski definition) is 3. The zero-order valence-electron chi connectivity index (χ0n) is 15.9. The number of carbonyl (C=O) groups is 1. The molecule has 1 atom stereocenters. The first-order valence-corrected chi connectivity index (χ1v) is 10.0. The van der Waals surface area contributed by atoms with Gasteiger partial charge in [0.05, 0.1) is 13.2 Å². The van der Waals surface area contributed by atoms with Crippen molar-refractivity contribution in [3.63, 3.8) is 0 Å². The van der Waals surface area contributed by atoms with E-state index in [4.69, 9.17) is 4.74 Å². The van der Waals surface area contributed by atoms with Gasteiger partial charge in [0.25, 0.3) is 0 Å². The molecule has 3 heterocycles. The summed E-state index contributed by atoms with van der Waals surface area (Å²) in [6.07, 6.45) is 3.49. The minimum Gasteiger partial charge on any atom is -0.378 e. The van der Waals surface area contributed by atoms with Crippen LogP contribution in [0.3, 0.4) is 0 Å². The second-order valence-corrected chi connectivity index (χ2v) is 8.38. The van der Waals surface area contributed by atoms with E-state index in [2.05, 4.69) is 47.2 Å². The minimum atomic E-state index is 0.215. The van der Waals surface area contributed by atoms with E-state index < -0.39 is 0 Å². The molecule has 26 heavy (non-hydrogen) atoms. The quantitative estimate of drug-likeness (QED) is 0.775. The molecule has 3 fully saturated rings. The molecule has 0 aromatic heterocycles. The van der Waals surface area contributed by atoms with Gasteiger partial charge in [-0.15, -0.1) is 0 Å². The van der Waals surface area contributed by atoms with Crippen LogP contribution in [0.15, 0.2) is 30.3 Å². The second-order valence-electron chi connectivity index (χ2n) is 8.38. The number of hydrogen-bond donors (Lipinski definition) is 0. The fraction of sp³-hybridized carbons (Fsp3) is 0.667. The standard InChI is InChI=1S/C21H31N3O2/c1-22-16-19(18-5-3-2-4-6-18)15-21(17-22)7-9-23(10-8-21)20(25)24-11-13-26-14-12-24/h2-6,19H,7-17H2,1H3. The molecule has 3 aliphatic heterocycles. The van der Waals surface area contributed by atoms with Gasteiger partial charge in [-0.3, -0.25) is 0 Å². The van der Waals surface area contributed by atoms with Crippen LogP contribution in [-0.2, 0) is 4.74 Å². The van der Waals surface area contributed by atoms with Gasteiger partial charge >= 0.3 is 6.03 Å². The summed E-state index contributed by atoms with van der Waals surface area (Å²) in [6.45, 7) is 6.91. The first-order chi connectivity index (χ1) is 12.7. The molecule has 142 valence electrons. The maximum atomic E-state index is 12.8. The Bertz CT molecular complexity index is 607. The molecule has 1 aromatic rings. The summed E-state index contributed by atoms with van der Waals surface area (Å²) in [5.41, 5.74) is 1.82. The molecular formula is C21H31N3O2. The fourth-order valence-electron chi connectivity index (χ4n) is 5.10. The lowest BCUT2D eigenvalue weighted by Gasteiger charge is -2.50. The molecule has 0 N–H and O–H groups in total. The third kappa shape index (κ3) is 3.74. The Kier molecular flexibility index (Phi) is 5.18. The third-order valence-corrected chi connectivity index (χ3v) is 6.46. The van der Waals surface area contributed by atoms with E-state index in [1.54, 1.807) is 0 Å². The Morgan fingerprint density at radius 3 is 2.38 bits per heavy atom. The lowest BCUT2D eigenvalue weighted by molar-refractivity contribution is 0.0149. The van der Waals surface area contributed by atoms with Crippen molar-refractivity contribution in [1.82, 2.24) is 14.7 Å². The van der Waals surface area contributed by atoms with Gasteiger partial charge in [0.2, 0.25) is 0 Å². The number of rotatable bonds is 1. The topological polar surface area (TPSA) is 36.0 Å². The lowest BCUT2D eigenvalue weighted by Crippen LogP contribution is -2.55. The van der Waals surface area contributed by atoms with Crippen molar-refractivity contribution in [2.24, 2.45) is 5.41 Å². The van der Waals surface area contributed by atoms with Crippen LogP contribution in [0.25, 0.3) is 0 Å². The van der Waals surface area contributed by atoms with Crippen LogP contribution in [0.1, 0.15) is 30.7 Å². The maximum Gasteiger partial charge on any atom is 0.320 e. The van der Waals surface area contributed by atoms with Crippen LogP contribution in [0.5, 0.6) is 0 Å². The summed E-state index contributed by atoms with van der Waals surface area (Å²) in [5.74, 6) is 0.608. The molecule has 0 aliphatic carbocycles. The molecule has 0 saturated carbocycles. The Balaban J connectivity index is 1.39. The van der Waals surface area contributed by atoms with Gasteiger partial charge in [-0.05, 0) is 43.2 Å². The van der Waals surface area contributed by atoms with E-state index in [-0.39, 0.29) is 6.03 Å². The van der Waals surface area contributed by atoms with E-state index >= 15 is 0 Å². The van der Waals surface area contributed by atoms with E-state index in [9.17, 15) is 4.79 Å². The first-order valence-electron chi connectivity index (χ1n) is 10.0. The van der Waals surface area contributed by atoms with E-state index in [1.165, 1.54) is 12.0 Å². The molecular weight excluding hydrogens is 326 g/mol. The smallest absolute Gasteiger partial charge is 0.320 e. The van der Waals surface area contributed by atoms with Gasteiger partial charge in [-0.2, -0.15) is 0 Å². The normalized spacial score (nSPS) is 26.9. The second kappa shape index (κ2) is 7.57. The van der Waals surface area contributed by atoms with E-state index in [0.717, 1.165) is 52.1 Å². The highest BCUT2D eigenvalue weighted by Gasteiger charge is 2.42. The molecule has 2 amide bonds. The SMILES string of the molecule is CN1CC(c2ccccc2)CC2(CCN(C(=O)N3CCOCC3)CC2)C1. The van der Waals surface area contributed by atoms with Crippen LogP contribution in [0, 0.1) is 5.41 Å². The number of urea groups is 1. The predicted molar refractivity (Wildman–Crippen MR) is 102 cm³/mol. The zero-order chi connectivity index (χ0) is 18.0.